The average Bonchev–Trinajstić information content (AvgIpc) is 1.70. The number of thiocyanates is 3. The van der Waals surface area contributed by atoms with E-state index >= 15 is 0 Å². The molecule has 0 heterocycles. The van der Waals surface area contributed by atoms with Crippen LogP contribution >= 0.6 is 0 Å². The van der Waals surface area contributed by atoms with Gasteiger partial charge in [-0.05, 0) is 0 Å². The molecule has 0 aromatic heterocycles. The van der Waals surface area contributed by atoms with Crippen molar-refractivity contribution >= 4 is 55.2 Å². The third-order valence-electron chi connectivity index (χ3n) is 0. The molecule has 0 aliphatic heterocycles. The van der Waals surface area contributed by atoms with E-state index in [-0.39, 0.29) is 17.4 Å². The van der Waals surface area contributed by atoms with Crippen LogP contribution in [-0.4, -0.2) is 17.4 Å². The molecule has 0 aromatic rings. The quantitative estimate of drug-likeness (QED) is 0.303. The molecule has 0 atom stereocenters. The zero-order valence-corrected chi connectivity index (χ0v) is 8.25. The molecule has 0 spiro atoms. The van der Waals surface area contributed by atoms with Gasteiger partial charge in [-0.2, -0.15) is 0 Å². The summed E-state index contributed by atoms with van der Waals surface area (Å²) in [6.07, 6.45) is 0. The number of hydrogen-bond acceptors (Lipinski definition) is 6. The summed E-state index contributed by atoms with van der Waals surface area (Å²) in [5.74, 6) is 0. The second kappa shape index (κ2) is 71.7. The largest absolute Gasteiger partial charge is 3.00 e. The van der Waals surface area contributed by atoms with Crippen molar-refractivity contribution in [3.63, 3.8) is 0 Å². The standard InChI is InChI=1S/3CHNS.Al/c3*2-1-3;/h3*3H;/q;;;+3/p-3. The maximum Gasteiger partial charge on any atom is 3.00 e. The first-order valence-corrected chi connectivity index (χ1v) is 2.51. The van der Waals surface area contributed by atoms with Gasteiger partial charge in [0.15, 0.2) is 0 Å². The molecule has 0 saturated heterocycles. The van der Waals surface area contributed by atoms with E-state index in [0.717, 1.165) is 0 Å². The molecule has 10 heavy (non-hydrogen) atoms. The van der Waals surface area contributed by atoms with Gasteiger partial charge in [-0.1, -0.05) is 16.2 Å². The summed E-state index contributed by atoms with van der Waals surface area (Å²) in [6.45, 7) is 0. The fourth-order valence-electron chi connectivity index (χ4n) is 0. The SMILES string of the molecule is N#C[S-].N#C[S-].N#C[S-].[Al+3]. The fraction of sp³-hybridized carbons (Fsp3) is 0. The second-order valence-electron chi connectivity index (χ2n) is 0.274. The molecule has 0 aliphatic carbocycles. The smallest absolute Gasteiger partial charge is 0.696 e. The van der Waals surface area contributed by atoms with Crippen molar-refractivity contribution in [3.8, 4) is 16.2 Å². The van der Waals surface area contributed by atoms with Crippen LogP contribution in [0.4, 0.5) is 0 Å². The summed E-state index contributed by atoms with van der Waals surface area (Å²) < 4.78 is 0. The van der Waals surface area contributed by atoms with Gasteiger partial charge in [0.25, 0.3) is 0 Å². The minimum Gasteiger partial charge on any atom is -0.696 e. The molecule has 0 saturated carbocycles. The third-order valence-corrected chi connectivity index (χ3v) is 0. The topological polar surface area (TPSA) is 71.4 Å². The van der Waals surface area contributed by atoms with Gasteiger partial charge in [-0.3, -0.25) is 0 Å². The van der Waals surface area contributed by atoms with Gasteiger partial charge in [0.2, 0.25) is 0 Å². The van der Waals surface area contributed by atoms with E-state index in [4.69, 9.17) is 15.8 Å². The summed E-state index contributed by atoms with van der Waals surface area (Å²) >= 11 is 11.1. The predicted molar refractivity (Wildman–Crippen MR) is 44.7 cm³/mol. The summed E-state index contributed by atoms with van der Waals surface area (Å²) in [4.78, 5) is 0. The Morgan fingerprint density at radius 2 is 0.700 bits per heavy atom. The molecule has 48 valence electrons. The van der Waals surface area contributed by atoms with E-state index in [0.29, 0.717) is 0 Å². The van der Waals surface area contributed by atoms with Crippen LogP contribution in [0.15, 0.2) is 0 Å². The molecule has 0 radical (unpaired) electrons. The summed E-state index contributed by atoms with van der Waals surface area (Å²) in [7, 11) is 0. The molecule has 0 aliphatic rings. The Morgan fingerprint density at radius 1 is 0.700 bits per heavy atom. The Bertz CT molecular complexity index is 112. The average molecular weight is 201 g/mol. The Balaban J connectivity index is -0.0000000257. The van der Waals surface area contributed by atoms with Crippen molar-refractivity contribution in [1.82, 2.24) is 0 Å². The van der Waals surface area contributed by atoms with Gasteiger partial charge in [0.05, 0.1) is 0 Å². The first kappa shape index (κ1) is 22.6. The van der Waals surface area contributed by atoms with E-state index in [1.165, 1.54) is 16.2 Å². The number of nitrogens with zero attached hydrogens (tertiary/aromatic N) is 3. The van der Waals surface area contributed by atoms with E-state index in [2.05, 4.69) is 37.9 Å². The van der Waals surface area contributed by atoms with E-state index in [1.807, 2.05) is 0 Å². The molecular weight excluding hydrogens is 201 g/mol. The Kier molecular flexibility index (Phi) is 162. The molecule has 0 rings (SSSR count). The molecular formula is C3AlN3S3. The Morgan fingerprint density at radius 3 is 0.700 bits per heavy atom. The van der Waals surface area contributed by atoms with Crippen LogP contribution < -0.4 is 0 Å². The molecule has 0 amide bonds. The van der Waals surface area contributed by atoms with E-state index in [1.54, 1.807) is 0 Å². The van der Waals surface area contributed by atoms with Gasteiger partial charge < -0.3 is 37.9 Å². The minimum atomic E-state index is 0. The number of rotatable bonds is 0. The molecule has 0 aromatic carbocycles. The van der Waals surface area contributed by atoms with Gasteiger partial charge in [-0.15, -0.1) is 0 Å². The maximum absolute atomic E-state index is 7.13. The summed E-state index contributed by atoms with van der Waals surface area (Å²) in [6, 6.07) is 0. The van der Waals surface area contributed by atoms with Gasteiger partial charge in [0.1, 0.15) is 0 Å². The minimum absolute atomic E-state index is 0. The van der Waals surface area contributed by atoms with Gasteiger partial charge in [-0.25, -0.2) is 15.8 Å². The Labute approximate surface area is 87.0 Å². The molecule has 3 nitrogen and oxygen atoms in total. The van der Waals surface area contributed by atoms with Crippen molar-refractivity contribution in [1.29, 1.82) is 15.8 Å². The molecule has 0 fully saturated rings. The molecule has 0 N–H and O–H groups in total. The van der Waals surface area contributed by atoms with E-state index in [9.17, 15) is 0 Å². The summed E-state index contributed by atoms with van der Waals surface area (Å²) in [5, 5.41) is 25.4. The van der Waals surface area contributed by atoms with Crippen molar-refractivity contribution in [2.24, 2.45) is 0 Å². The van der Waals surface area contributed by atoms with E-state index < -0.39 is 0 Å². The molecule has 7 heteroatoms. The van der Waals surface area contributed by atoms with Crippen molar-refractivity contribution < 1.29 is 0 Å². The normalized spacial score (nSPS) is 2.10. The van der Waals surface area contributed by atoms with Crippen LogP contribution in [0.25, 0.3) is 0 Å². The van der Waals surface area contributed by atoms with Crippen LogP contribution in [0.2, 0.25) is 0 Å². The van der Waals surface area contributed by atoms with Gasteiger partial charge >= 0.3 is 17.4 Å². The monoisotopic (exact) mass is 201 g/mol. The molecule has 0 unspecified atom stereocenters. The van der Waals surface area contributed by atoms with Gasteiger partial charge in [0, 0.05) is 0 Å². The predicted octanol–water partition coefficient (Wildman–Crippen LogP) is -0.338. The fourth-order valence-corrected chi connectivity index (χ4v) is 0. The third kappa shape index (κ3) is 2990. The second-order valence-corrected chi connectivity index (χ2v) is 0.822. The van der Waals surface area contributed by atoms with Crippen molar-refractivity contribution in [2.45, 2.75) is 0 Å². The van der Waals surface area contributed by atoms with Crippen LogP contribution in [-0.2, 0) is 37.9 Å². The Hall–Kier alpha value is -0.338. The molecule has 0 bridgehead atoms. The van der Waals surface area contributed by atoms with Crippen molar-refractivity contribution in [3.05, 3.63) is 0 Å². The maximum atomic E-state index is 7.13. The first-order chi connectivity index (χ1) is 4.24. The van der Waals surface area contributed by atoms with Crippen molar-refractivity contribution in [2.75, 3.05) is 0 Å². The first-order valence-electron chi connectivity index (χ1n) is 1.28. The van der Waals surface area contributed by atoms with Crippen LogP contribution in [0.1, 0.15) is 0 Å². The number of hydrogen-bond donors (Lipinski definition) is 0. The van der Waals surface area contributed by atoms with Crippen LogP contribution in [0, 0.1) is 32.0 Å². The zero-order chi connectivity index (χ0) is 8.12. The summed E-state index contributed by atoms with van der Waals surface area (Å²) in [5.41, 5.74) is 0. The van der Waals surface area contributed by atoms with Crippen LogP contribution in [0.3, 0.4) is 0 Å². The van der Waals surface area contributed by atoms with Crippen LogP contribution in [0.5, 0.6) is 0 Å². The zero-order valence-electron chi connectivity index (χ0n) is 4.64. The number of nitriles is 3.